The highest BCUT2D eigenvalue weighted by atomic mass is 19.2. The number of hydrogen-bond acceptors (Lipinski definition) is 7. The van der Waals surface area contributed by atoms with Crippen LogP contribution >= 0.6 is 0 Å². The number of carbonyl (C=O) groups is 1. The Morgan fingerprint density at radius 2 is 2.03 bits per heavy atom. The number of hydrogen-bond donors (Lipinski definition) is 2. The van der Waals surface area contributed by atoms with E-state index in [0.717, 1.165) is 25.9 Å². The number of nitrogens with zero attached hydrogens (tertiary/aromatic N) is 4. The number of pyridine rings is 1. The van der Waals surface area contributed by atoms with Crippen molar-refractivity contribution in [3.8, 4) is 22.9 Å². The lowest BCUT2D eigenvalue weighted by atomic mass is 10.1. The molecule has 0 bridgehead atoms. The molecule has 2 fully saturated rings. The van der Waals surface area contributed by atoms with Crippen LogP contribution in [-0.2, 0) is 4.79 Å². The molecular weight excluding hydrogens is 466 g/mol. The molecule has 2 aliphatic rings. The van der Waals surface area contributed by atoms with E-state index in [9.17, 15) is 4.79 Å². The first kappa shape index (κ1) is 24.1. The Balaban J connectivity index is 1.39. The molecule has 0 aliphatic carbocycles. The number of aromatic nitrogens is 3. The Hall–Kier alpha value is -3.66. The molecule has 2 aromatic heterocycles. The topological polar surface area (TPSA) is 92.3 Å². The van der Waals surface area contributed by atoms with Crippen LogP contribution in [0.3, 0.4) is 0 Å². The van der Waals surface area contributed by atoms with Crippen LogP contribution in [0.1, 0.15) is 32.6 Å². The fraction of sp³-hybridized carbons (Fsp3) is 0.385. The van der Waals surface area contributed by atoms with Gasteiger partial charge in [-0.3, -0.25) is 4.79 Å². The second-order valence-corrected chi connectivity index (χ2v) is 9.01. The maximum atomic E-state index is 15.1. The molecule has 2 N–H and O–H groups in total. The molecule has 1 unspecified atom stereocenters. The van der Waals surface area contributed by atoms with Gasteiger partial charge in [-0.25, -0.2) is 19.3 Å². The molecule has 8 nitrogen and oxygen atoms in total. The van der Waals surface area contributed by atoms with Crippen molar-refractivity contribution in [3.63, 3.8) is 0 Å². The monoisotopic (exact) mass is 494 g/mol. The number of carbonyl (C=O) groups excluding carboxylic acids is 1. The summed E-state index contributed by atoms with van der Waals surface area (Å²) in [4.78, 5) is 26.9. The van der Waals surface area contributed by atoms with Crippen LogP contribution in [0.4, 0.5) is 20.4 Å². The van der Waals surface area contributed by atoms with E-state index in [-0.39, 0.29) is 35.2 Å². The average molecular weight is 495 g/mol. The van der Waals surface area contributed by atoms with Gasteiger partial charge in [-0.05, 0) is 62.6 Å². The summed E-state index contributed by atoms with van der Waals surface area (Å²) < 4.78 is 35.8. The lowest BCUT2D eigenvalue weighted by molar-refractivity contribution is -0.120. The van der Waals surface area contributed by atoms with Crippen LogP contribution in [0.15, 0.2) is 42.7 Å². The van der Waals surface area contributed by atoms with E-state index in [1.807, 2.05) is 6.92 Å². The summed E-state index contributed by atoms with van der Waals surface area (Å²) in [6.45, 7) is 4.10. The van der Waals surface area contributed by atoms with Crippen molar-refractivity contribution < 1.29 is 18.3 Å². The maximum absolute atomic E-state index is 15.1. The summed E-state index contributed by atoms with van der Waals surface area (Å²) in [6.07, 6.45) is 6.52. The van der Waals surface area contributed by atoms with Crippen molar-refractivity contribution in [2.75, 3.05) is 29.9 Å². The number of nitrogens with one attached hydrogen (secondary N) is 2. The number of benzene rings is 1. The highest BCUT2D eigenvalue weighted by molar-refractivity contribution is 5.97. The molecule has 0 radical (unpaired) electrons. The summed E-state index contributed by atoms with van der Waals surface area (Å²) >= 11 is 0. The number of anilines is 2. The Morgan fingerprint density at radius 1 is 1.14 bits per heavy atom. The Bertz CT molecular complexity index is 1250. The van der Waals surface area contributed by atoms with E-state index >= 15 is 8.78 Å². The molecule has 2 saturated heterocycles. The largest absolute Gasteiger partial charge is 0.435 e. The lowest BCUT2D eigenvalue weighted by Crippen LogP contribution is -2.38. The zero-order valence-electron chi connectivity index (χ0n) is 20.0. The number of halogens is 2. The number of piperidine rings is 1. The van der Waals surface area contributed by atoms with Crippen molar-refractivity contribution in [1.29, 1.82) is 0 Å². The minimum Gasteiger partial charge on any atom is -0.435 e. The van der Waals surface area contributed by atoms with Gasteiger partial charge in [-0.15, -0.1) is 0 Å². The Morgan fingerprint density at radius 3 is 2.81 bits per heavy atom. The van der Waals surface area contributed by atoms with Gasteiger partial charge in [-0.2, -0.15) is 4.39 Å². The summed E-state index contributed by atoms with van der Waals surface area (Å²) in [7, 11) is 0. The summed E-state index contributed by atoms with van der Waals surface area (Å²) in [5.74, 6) is -2.42. The summed E-state index contributed by atoms with van der Waals surface area (Å²) in [5, 5.41) is 6.67. The summed E-state index contributed by atoms with van der Waals surface area (Å²) in [6, 6.07) is 8.08. The third-order valence-electron chi connectivity index (χ3n) is 6.67. The SMILES string of the molecule is CCC1CCN(c2ccc(Oc3ncccc3-c3ccnc(N[C@H]4CCCNC4)n3)c(F)c2F)C1=O. The first-order valence-electron chi connectivity index (χ1n) is 12.3. The zero-order chi connectivity index (χ0) is 25.1. The quantitative estimate of drug-likeness (QED) is 0.498. The van der Waals surface area contributed by atoms with E-state index in [0.29, 0.717) is 36.6 Å². The normalized spacial score (nSPS) is 20.0. The molecular formula is C26H28F2N6O2. The molecule has 188 valence electrons. The van der Waals surface area contributed by atoms with Gasteiger partial charge in [0.25, 0.3) is 0 Å². The van der Waals surface area contributed by atoms with Crippen LogP contribution in [0.2, 0.25) is 0 Å². The smallest absolute Gasteiger partial charge is 0.230 e. The second kappa shape index (κ2) is 10.5. The second-order valence-electron chi connectivity index (χ2n) is 9.01. The molecule has 0 saturated carbocycles. The van der Waals surface area contributed by atoms with Gasteiger partial charge in [0.1, 0.15) is 0 Å². The average Bonchev–Trinajstić information content (AvgIpc) is 3.28. The van der Waals surface area contributed by atoms with Crippen LogP contribution in [0, 0.1) is 17.6 Å². The molecule has 36 heavy (non-hydrogen) atoms. The van der Waals surface area contributed by atoms with Gasteiger partial charge in [0.15, 0.2) is 11.6 Å². The molecule has 2 aliphatic heterocycles. The fourth-order valence-electron chi connectivity index (χ4n) is 4.67. The first-order valence-corrected chi connectivity index (χ1v) is 12.3. The third-order valence-corrected chi connectivity index (χ3v) is 6.67. The van der Waals surface area contributed by atoms with Crippen molar-refractivity contribution >= 4 is 17.5 Å². The van der Waals surface area contributed by atoms with Crippen LogP contribution in [0.5, 0.6) is 11.6 Å². The van der Waals surface area contributed by atoms with E-state index in [1.165, 1.54) is 23.2 Å². The number of amides is 1. The Kier molecular flexibility index (Phi) is 7.04. The van der Waals surface area contributed by atoms with Crippen molar-refractivity contribution in [3.05, 3.63) is 54.4 Å². The van der Waals surface area contributed by atoms with Crippen LogP contribution in [0.25, 0.3) is 11.3 Å². The molecule has 1 aromatic carbocycles. The molecule has 4 heterocycles. The van der Waals surface area contributed by atoms with Crippen molar-refractivity contribution in [2.24, 2.45) is 5.92 Å². The fourth-order valence-corrected chi connectivity index (χ4v) is 4.67. The van der Waals surface area contributed by atoms with Gasteiger partial charge >= 0.3 is 0 Å². The molecule has 0 spiro atoms. The standard InChI is InChI=1S/C26H28F2N6O2/c1-2-16-10-14-34(25(16)35)20-7-8-21(23(28)22(20)27)36-24-18(6-4-12-30-24)19-9-13-31-26(33-19)32-17-5-3-11-29-15-17/h4,6-9,12-13,16-17,29H,2-3,5,10-11,14-15H2,1H3,(H,31,32,33)/t16?,17-/m0/s1. The van der Waals surface area contributed by atoms with Crippen molar-refractivity contribution in [2.45, 2.75) is 38.6 Å². The Labute approximate surface area is 208 Å². The van der Waals surface area contributed by atoms with Gasteiger partial charge in [0, 0.05) is 37.4 Å². The van der Waals surface area contributed by atoms with E-state index in [2.05, 4.69) is 25.6 Å². The van der Waals surface area contributed by atoms with E-state index in [1.54, 1.807) is 24.4 Å². The van der Waals surface area contributed by atoms with Gasteiger partial charge < -0.3 is 20.3 Å². The molecule has 5 rings (SSSR count). The molecule has 1 amide bonds. The molecule has 3 aromatic rings. The number of ether oxygens (including phenoxy) is 1. The van der Waals surface area contributed by atoms with Crippen LogP contribution < -0.4 is 20.3 Å². The predicted molar refractivity (Wildman–Crippen MR) is 132 cm³/mol. The number of rotatable bonds is 7. The van der Waals surface area contributed by atoms with E-state index < -0.39 is 11.6 Å². The first-order chi connectivity index (χ1) is 17.5. The highest BCUT2D eigenvalue weighted by Crippen LogP contribution is 2.36. The van der Waals surface area contributed by atoms with Crippen LogP contribution in [-0.4, -0.2) is 46.5 Å². The molecule has 2 atom stereocenters. The predicted octanol–water partition coefficient (Wildman–Crippen LogP) is 4.54. The van der Waals surface area contributed by atoms with Gasteiger partial charge in [0.05, 0.1) is 16.9 Å². The minimum atomic E-state index is -1.17. The third kappa shape index (κ3) is 4.86. The van der Waals surface area contributed by atoms with Gasteiger partial charge in [0.2, 0.25) is 23.6 Å². The highest BCUT2D eigenvalue weighted by Gasteiger charge is 2.33. The van der Waals surface area contributed by atoms with E-state index in [4.69, 9.17) is 4.74 Å². The van der Waals surface area contributed by atoms with Crippen molar-refractivity contribution in [1.82, 2.24) is 20.3 Å². The molecule has 10 heteroatoms. The lowest BCUT2D eigenvalue weighted by Gasteiger charge is -2.23. The maximum Gasteiger partial charge on any atom is 0.230 e. The zero-order valence-corrected chi connectivity index (χ0v) is 20.0. The summed E-state index contributed by atoms with van der Waals surface area (Å²) in [5.41, 5.74) is 0.963. The van der Waals surface area contributed by atoms with Gasteiger partial charge in [-0.1, -0.05) is 6.92 Å². The minimum absolute atomic E-state index is 0.0780.